The van der Waals surface area contributed by atoms with Crippen molar-refractivity contribution in [2.75, 3.05) is 27.3 Å². The van der Waals surface area contributed by atoms with Gasteiger partial charge >= 0.3 is 0 Å². The van der Waals surface area contributed by atoms with Crippen LogP contribution in [-0.2, 0) is 6.42 Å². The minimum absolute atomic E-state index is 0.0329. The quantitative estimate of drug-likeness (QED) is 0.648. The fourth-order valence-electron chi connectivity index (χ4n) is 3.21. The number of likely N-dealkylation sites (tertiary alicyclic amines) is 1. The Morgan fingerprint density at radius 3 is 2.79 bits per heavy atom. The van der Waals surface area contributed by atoms with Crippen LogP contribution >= 0.6 is 0 Å². The zero-order valence-electron chi connectivity index (χ0n) is 15.7. The molecule has 3 heterocycles. The van der Waals surface area contributed by atoms with Crippen molar-refractivity contribution in [2.45, 2.75) is 12.3 Å². The van der Waals surface area contributed by atoms with Crippen LogP contribution in [0.25, 0.3) is 0 Å². The average Bonchev–Trinajstić information content (AvgIpc) is 3.15. The van der Waals surface area contributed by atoms with Crippen molar-refractivity contribution < 1.29 is 18.8 Å². The first-order valence-electron chi connectivity index (χ1n) is 8.92. The molecule has 4 rings (SSSR count). The first-order valence-corrected chi connectivity index (χ1v) is 8.92. The van der Waals surface area contributed by atoms with Crippen LogP contribution in [-0.4, -0.2) is 53.2 Å². The molecule has 1 amide bonds. The highest BCUT2D eigenvalue weighted by molar-refractivity contribution is 5.96. The highest BCUT2D eigenvalue weighted by Crippen LogP contribution is 2.29. The SMILES string of the molecule is COc1ccccc1Cc1noc(C2CN(C(=O)c3cccnc3OC)C2)n1. The minimum atomic E-state index is -0.116. The Balaban J connectivity index is 1.40. The van der Waals surface area contributed by atoms with E-state index in [1.165, 1.54) is 7.11 Å². The van der Waals surface area contributed by atoms with Crippen LogP contribution in [0.3, 0.4) is 0 Å². The Morgan fingerprint density at radius 1 is 1.18 bits per heavy atom. The second kappa shape index (κ2) is 7.67. The van der Waals surface area contributed by atoms with Gasteiger partial charge in [-0.15, -0.1) is 0 Å². The number of pyridine rings is 1. The Labute approximate surface area is 162 Å². The number of para-hydroxylation sites is 1. The third-order valence-corrected chi connectivity index (χ3v) is 4.74. The molecule has 1 aromatic carbocycles. The lowest BCUT2D eigenvalue weighted by Gasteiger charge is -2.37. The summed E-state index contributed by atoms with van der Waals surface area (Å²) in [5.74, 6) is 2.18. The molecule has 0 aliphatic carbocycles. The third-order valence-electron chi connectivity index (χ3n) is 4.74. The molecular weight excluding hydrogens is 360 g/mol. The highest BCUT2D eigenvalue weighted by atomic mass is 16.5. The lowest BCUT2D eigenvalue weighted by molar-refractivity contribution is 0.0565. The lowest BCUT2D eigenvalue weighted by atomic mass is 9.99. The Morgan fingerprint density at radius 2 is 2.00 bits per heavy atom. The van der Waals surface area contributed by atoms with E-state index in [2.05, 4.69) is 15.1 Å². The first kappa shape index (κ1) is 18.0. The molecule has 0 bridgehead atoms. The molecule has 0 N–H and O–H groups in total. The molecule has 0 spiro atoms. The molecule has 1 aliphatic heterocycles. The summed E-state index contributed by atoms with van der Waals surface area (Å²) in [5.41, 5.74) is 1.44. The van der Waals surface area contributed by atoms with E-state index in [0.717, 1.165) is 11.3 Å². The number of hydrogen-bond acceptors (Lipinski definition) is 7. The van der Waals surface area contributed by atoms with Crippen molar-refractivity contribution in [3.63, 3.8) is 0 Å². The molecule has 8 heteroatoms. The predicted octanol–water partition coefficient (Wildman–Crippen LogP) is 2.31. The van der Waals surface area contributed by atoms with Crippen LogP contribution in [0.5, 0.6) is 11.6 Å². The van der Waals surface area contributed by atoms with Crippen molar-refractivity contribution in [3.05, 3.63) is 65.4 Å². The molecule has 8 nitrogen and oxygen atoms in total. The number of aromatic nitrogens is 3. The summed E-state index contributed by atoms with van der Waals surface area (Å²) in [6.07, 6.45) is 2.12. The Bertz CT molecular complexity index is 982. The highest BCUT2D eigenvalue weighted by Gasteiger charge is 2.37. The van der Waals surface area contributed by atoms with Gasteiger partial charge in [-0.05, 0) is 18.2 Å². The summed E-state index contributed by atoms with van der Waals surface area (Å²) < 4.78 is 15.9. The summed E-state index contributed by atoms with van der Waals surface area (Å²) in [6, 6.07) is 11.2. The normalized spacial score (nSPS) is 13.9. The average molecular weight is 380 g/mol. The van der Waals surface area contributed by atoms with Crippen molar-refractivity contribution in [3.8, 4) is 11.6 Å². The molecule has 144 valence electrons. The van der Waals surface area contributed by atoms with E-state index in [0.29, 0.717) is 42.7 Å². The number of benzene rings is 1. The van der Waals surface area contributed by atoms with E-state index in [4.69, 9.17) is 14.0 Å². The van der Waals surface area contributed by atoms with Crippen LogP contribution in [0.2, 0.25) is 0 Å². The maximum absolute atomic E-state index is 12.6. The van der Waals surface area contributed by atoms with Gasteiger partial charge in [0.2, 0.25) is 11.8 Å². The second-order valence-corrected chi connectivity index (χ2v) is 6.50. The molecule has 0 radical (unpaired) electrons. The minimum Gasteiger partial charge on any atom is -0.496 e. The van der Waals surface area contributed by atoms with Gasteiger partial charge in [-0.1, -0.05) is 23.4 Å². The van der Waals surface area contributed by atoms with Gasteiger partial charge in [0.25, 0.3) is 5.91 Å². The van der Waals surface area contributed by atoms with Crippen LogP contribution in [0, 0.1) is 0 Å². The number of carbonyl (C=O) groups excluding carboxylic acids is 1. The molecule has 1 aliphatic rings. The van der Waals surface area contributed by atoms with E-state index in [1.807, 2.05) is 24.3 Å². The molecule has 1 fully saturated rings. The van der Waals surface area contributed by atoms with Crippen molar-refractivity contribution in [1.82, 2.24) is 20.0 Å². The van der Waals surface area contributed by atoms with E-state index in [1.54, 1.807) is 30.3 Å². The lowest BCUT2D eigenvalue weighted by Crippen LogP contribution is -2.48. The number of methoxy groups -OCH3 is 2. The fourth-order valence-corrected chi connectivity index (χ4v) is 3.21. The van der Waals surface area contributed by atoms with Gasteiger partial charge < -0.3 is 18.9 Å². The van der Waals surface area contributed by atoms with Crippen LogP contribution in [0.15, 0.2) is 47.1 Å². The molecule has 2 aromatic heterocycles. The van der Waals surface area contributed by atoms with Crippen LogP contribution < -0.4 is 9.47 Å². The van der Waals surface area contributed by atoms with Gasteiger partial charge in [-0.3, -0.25) is 4.79 Å². The Hall–Kier alpha value is -3.42. The molecule has 0 unspecified atom stereocenters. The van der Waals surface area contributed by atoms with Gasteiger partial charge in [0.1, 0.15) is 11.3 Å². The molecule has 0 atom stereocenters. The van der Waals surface area contributed by atoms with Crippen LogP contribution in [0.4, 0.5) is 0 Å². The van der Waals surface area contributed by atoms with Crippen LogP contribution in [0.1, 0.15) is 33.6 Å². The molecule has 3 aromatic rings. The van der Waals surface area contributed by atoms with Gasteiger partial charge in [-0.25, -0.2) is 4.98 Å². The molecule has 28 heavy (non-hydrogen) atoms. The monoisotopic (exact) mass is 380 g/mol. The predicted molar refractivity (Wildman–Crippen MR) is 99.5 cm³/mol. The second-order valence-electron chi connectivity index (χ2n) is 6.50. The summed E-state index contributed by atoms with van der Waals surface area (Å²) in [5, 5.41) is 4.07. The first-order chi connectivity index (χ1) is 13.7. The van der Waals surface area contributed by atoms with Gasteiger partial charge in [0.15, 0.2) is 5.82 Å². The van der Waals surface area contributed by atoms with Gasteiger partial charge in [0.05, 0.1) is 20.1 Å². The zero-order valence-corrected chi connectivity index (χ0v) is 15.7. The number of amides is 1. The molecular formula is C20H20N4O4. The Kier molecular flexibility index (Phi) is 4.92. The summed E-state index contributed by atoms with van der Waals surface area (Å²) >= 11 is 0. The number of rotatable bonds is 6. The van der Waals surface area contributed by atoms with Crippen molar-refractivity contribution in [2.24, 2.45) is 0 Å². The van der Waals surface area contributed by atoms with Gasteiger partial charge in [-0.2, -0.15) is 4.98 Å². The summed E-state index contributed by atoms with van der Waals surface area (Å²) in [6.45, 7) is 1.04. The maximum atomic E-state index is 12.6. The van der Waals surface area contributed by atoms with E-state index in [9.17, 15) is 4.79 Å². The topological polar surface area (TPSA) is 90.6 Å². The van der Waals surface area contributed by atoms with Gasteiger partial charge in [0, 0.05) is 31.3 Å². The number of hydrogen-bond donors (Lipinski definition) is 0. The molecule has 0 saturated carbocycles. The fraction of sp³-hybridized carbons (Fsp3) is 0.300. The number of ether oxygens (including phenoxy) is 2. The number of nitrogens with zero attached hydrogens (tertiary/aromatic N) is 4. The summed E-state index contributed by atoms with van der Waals surface area (Å²) in [7, 11) is 3.14. The van der Waals surface area contributed by atoms with E-state index >= 15 is 0 Å². The molecule has 1 saturated heterocycles. The van der Waals surface area contributed by atoms with Crippen molar-refractivity contribution >= 4 is 5.91 Å². The standard InChI is InChI=1S/C20H20N4O4/c1-26-16-8-4-3-6-13(16)10-17-22-18(28-23-17)14-11-24(12-14)20(25)15-7-5-9-21-19(15)27-2/h3-9,14H,10-12H2,1-2H3. The van der Waals surface area contributed by atoms with Crippen molar-refractivity contribution in [1.29, 1.82) is 0 Å². The maximum Gasteiger partial charge on any atom is 0.259 e. The third kappa shape index (κ3) is 3.40. The number of carbonyl (C=O) groups is 1. The largest absolute Gasteiger partial charge is 0.496 e. The van der Waals surface area contributed by atoms with E-state index in [-0.39, 0.29) is 11.8 Å². The van der Waals surface area contributed by atoms with E-state index < -0.39 is 0 Å². The smallest absolute Gasteiger partial charge is 0.259 e. The summed E-state index contributed by atoms with van der Waals surface area (Å²) in [4.78, 5) is 22.9. The zero-order chi connectivity index (χ0) is 19.5.